The Morgan fingerprint density at radius 1 is 1.38 bits per heavy atom. The summed E-state index contributed by atoms with van der Waals surface area (Å²) in [6.45, 7) is 4.67. The predicted molar refractivity (Wildman–Crippen MR) is 88.0 cm³/mol. The minimum Gasteiger partial charge on any atom is -0.326 e. The van der Waals surface area contributed by atoms with Crippen LogP contribution in [0.5, 0.6) is 0 Å². The number of benzene rings is 1. The Morgan fingerprint density at radius 2 is 2.19 bits per heavy atom. The molecule has 0 radical (unpaired) electrons. The van der Waals surface area contributed by atoms with Crippen LogP contribution in [0, 0.1) is 5.82 Å². The Labute approximate surface area is 129 Å². The molecule has 0 aliphatic heterocycles. The fourth-order valence-corrected chi connectivity index (χ4v) is 4.05. The van der Waals surface area contributed by atoms with Gasteiger partial charge in [0, 0.05) is 34.1 Å². The SMILES string of the molecule is CCCCN(Cc1c(CN)sc2cccc(F)c12)C1CC1. The van der Waals surface area contributed by atoms with Crippen LogP contribution in [0.4, 0.5) is 4.39 Å². The summed E-state index contributed by atoms with van der Waals surface area (Å²) in [5, 5.41) is 0.796. The van der Waals surface area contributed by atoms with Crippen LogP contribution in [-0.2, 0) is 13.1 Å². The highest BCUT2D eigenvalue weighted by molar-refractivity contribution is 7.19. The van der Waals surface area contributed by atoms with Gasteiger partial charge in [-0.2, -0.15) is 0 Å². The molecule has 1 heterocycles. The molecule has 0 bridgehead atoms. The maximum absolute atomic E-state index is 14.3. The van der Waals surface area contributed by atoms with Crippen molar-refractivity contribution in [3.63, 3.8) is 0 Å². The Balaban J connectivity index is 1.94. The summed E-state index contributed by atoms with van der Waals surface area (Å²) >= 11 is 1.64. The molecule has 1 fully saturated rings. The summed E-state index contributed by atoms with van der Waals surface area (Å²) in [4.78, 5) is 3.66. The number of halogens is 1. The Bertz CT molecular complexity index is 619. The van der Waals surface area contributed by atoms with Crippen LogP contribution in [0.15, 0.2) is 18.2 Å². The number of thiophene rings is 1. The maximum atomic E-state index is 14.3. The van der Waals surface area contributed by atoms with Crippen molar-refractivity contribution in [3.8, 4) is 0 Å². The van der Waals surface area contributed by atoms with Gasteiger partial charge in [0.05, 0.1) is 0 Å². The number of hydrogen-bond acceptors (Lipinski definition) is 3. The molecule has 3 rings (SSSR count). The molecule has 21 heavy (non-hydrogen) atoms. The number of rotatable bonds is 7. The minimum atomic E-state index is -0.107. The van der Waals surface area contributed by atoms with E-state index in [9.17, 15) is 4.39 Å². The lowest BCUT2D eigenvalue weighted by Gasteiger charge is -2.22. The predicted octanol–water partition coefficient (Wildman–Crippen LogP) is 4.26. The Morgan fingerprint density at radius 3 is 2.86 bits per heavy atom. The number of fused-ring (bicyclic) bond motifs is 1. The molecule has 0 unspecified atom stereocenters. The molecule has 114 valence electrons. The van der Waals surface area contributed by atoms with E-state index in [0.29, 0.717) is 12.6 Å². The van der Waals surface area contributed by atoms with Crippen LogP contribution in [0.25, 0.3) is 10.1 Å². The highest BCUT2D eigenvalue weighted by atomic mass is 32.1. The van der Waals surface area contributed by atoms with E-state index in [-0.39, 0.29) is 5.82 Å². The quantitative estimate of drug-likeness (QED) is 0.828. The highest BCUT2D eigenvalue weighted by Crippen LogP contribution is 2.36. The van der Waals surface area contributed by atoms with Crippen LogP contribution in [0.3, 0.4) is 0 Å². The average Bonchev–Trinajstić information content (AvgIpc) is 3.26. The third kappa shape index (κ3) is 3.12. The first kappa shape index (κ1) is 14.9. The molecule has 4 heteroatoms. The zero-order valence-electron chi connectivity index (χ0n) is 12.6. The van der Waals surface area contributed by atoms with Gasteiger partial charge in [-0.1, -0.05) is 19.4 Å². The standard InChI is InChI=1S/C17H23FN2S/c1-2-3-9-20(12-7-8-12)11-13-16(10-19)21-15-6-4-5-14(18)17(13)15/h4-6,12H,2-3,7-11,19H2,1H3. The molecular weight excluding hydrogens is 283 g/mol. The molecular formula is C17H23FN2S. The fraction of sp³-hybridized carbons (Fsp3) is 0.529. The zero-order chi connectivity index (χ0) is 14.8. The van der Waals surface area contributed by atoms with Crippen LogP contribution in [-0.4, -0.2) is 17.5 Å². The van der Waals surface area contributed by atoms with Crippen molar-refractivity contribution in [1.29, 1.82) is 0 Å². The van der Waals surface area contributed by atoms with Gasteiger partial charge in [-0.05, 0) is 43.5 Å². The summed E-state index contributed by atoms with van der Waals surface area (Å²) in [6.07, 6.45) is 4.98. The molecule has 1 saturated carbocycles. The van der Waals surface area contributed by atoms with Crippen molar-refractivity contribution in [1.82, 2.24) is 4.90 Å². The van der Waals surface area contributed by atoms with Crippen molar-refractivity contribution in [3.05, 3.63) is 34.5 Å². The van der Waals surface area contributed by atoms with E-state index in [0.717, 1.165) is 33.6 Å². The van der Waals surface area contributed by atoms with Crippen LogP contribution >= 0.6 is 11.3 Å². The fourth-order valence-electron chi connectivity index (χ4n) is 2.94. The molecule has 2 N–H and O–H groups in total. The number of nitrogens with two attached hydrogens (primary N) is 1. The van der Waals surface area contributed by atoms with Gasteiger partial charge in [0.1, 0.15) is 5.82 Å². The molecule has 1 aliphatic carbocycles. The lowest BCUT2D eigenvalue weighted by atomic mass is 10.1. The molecule has 0 amide bonds. The molecule has 0 saturated heterocycles. The average molecular weight is 306 g/mol. The minimum absolute atomic E-state index is 0.107. The zero-order valence-corrected chi connectivity index (χ0v) is 13.4. The normalized spacial score (nSPS) is 15.2. The van der Waals surface area contributed by atoms with E-state index in [2.05, 4.69) is 11.8 Å². The summed E-state index contributed by atoms with van der Waals surface area (Å²) in [5.74, 6) is -0.107. The van der Waals surface area contributed by atoms with Crippen LogP contribution in [0.2, 0.25) is 0 Å². The van der Waals surface area contributed by atoms with E-state index in [1.54, 1.807) is 23.5 Å². The van der Waals surface area contributed by atoms with E-state index >= 15 is 0 Å². The van der Waals surface area contributed by atoms with Gasteiger partial charge in [-0.3, -0.25) is 4.90 Å². The largest absolute Gasteiger partial charge is 0.326 e. The van der Waals surface area contributed by atoms with E-state index in [1.165, 1.54) is 25.7 Å². The van der Waals surface area contributed by atoms with Gasteiger partial charge in [-0.15, -0.1) is 11.3 Å². The first-order valence-electron chi connectivity index (χ1n) is 7.87. The topological polar surface area (TPSA) is 29.3 Å². The highest BCUT2D eigenvalue weighted by Gasteiger charge is 2.30. The van der Waals surface area contributed by atoms with E-state index in [1.807, 2.05) is 6.07 Å². The molecule has 1 aliphatic rings. The Hall–Kier alpha value is -0.970. The van der Waals surface area contributed by atoms with Gasteiger partial charge in [0.2, 0.25) is 0 Å². The van der Waals surface area contributed by atoms with Crippen molar-refractivity contribution >= 4 is 21.4 Å². The molecule has 0 atom stereocenters. The van der Waals surface area contributed by atoms with Gasteiger partial charge in [0.15, 0.2) is 0 Å². The van der Waals surface area contributed by atoms with Crippen LogP contribution in [0.1, 0.15) is 43.0 Å². The van der Waals surface area contributed by atoms with E-state index in [4.69, 9.17) is 5.73 Å². The van der Waals surface area contributed by atoms with Gasteiger partial charge >= 0.3 is 0 Å². The lowest BCUT2D eigenvalue weighted by molar-refractivity contribution is 0.251. The van der Waals surface area contributed by atoms with Gasteiger partial charge in [0.25, 0.3) is 0 Å². The number of nitrogens with zero attached hydrogens (tertiary/aromatic N) is 1. The van der Waals surface area contributed by atoms with Crippen molar-refractivity contribution in [2.24, 2.45) is 5.73 Å². The molecule has 1 aromatic heterocycles. The molecule has 1 aromatic carbocycles. The number of unbranched alkanes of at least 4 members (excludes halogenated alkanes) is 1. The monoisotopic (exact) mass is 306 g/mol. The third-order valence-electron chi connectivity index (χ3n) is 4.26. The first-order chi connectivity index (χ1) is 10.2. The lowest BCUT2D eigenvalue weighted by Crippen LogP contribution is -2.27. The summed E-state index contributed by atoms with van der Waals surface area (Å²) in [5.41, 5.74) is 7.03. The maximum Gasteiger partial charge on any atom is 0.132 e. The van der Waals surface area contributed by atoms with Crippen molar-refractivity contribution in [2.75, 3.05) is 6.54 Å². The Kier molecular flexibility index (Phi) is 4.57. The second-order valence-corrected chi connectivity index (χ2v) is 7.01. The second kappa shape index (κ2) is 6.42. The molecule has 2 aromatic rings. The first-order valence-corrected chi connectivity index (χ1v) is 8.69. The van der Waals surface area contributed by atoms with Gasteiger partial charge in [-0.25, -0.2) is 4.39 Å². The van der Waals surface area contributed by atoms with Gasteiger partial charge < -0.3 is 5.73 Å². The number of hydrogen-bond donors (Lipinski definition) is 1. The van der Waals surface area contributed by atoms with Crippen LogP contribution < -0.4 is 5.73 Å². The molecule has 0 spiro atoms. The van der Waals surface area contributed by atoms with Crippen molar-refractivity contribution < 1.29 is 4.39 Å². The summed E-state index contributed by atoms with van der Waals surface area (Å²) < 4.78 is 15.3. The van der Waals surface area contributed by atoms with E-state index < -0.39 is 0 Å². The molecule has 2 nitrogen and oxygen atoms in total. The smallest absolute Gasteiger partial charge is 0.132 e. The third-order valence-corrected chi connectivity index (χ3v) is 5.48. The summed E-state index contributed by atoms with van der Waals surface area (Å²) in [6, 6.07) is 6.04. The second-order valence-electron chi connectivity index (χ2n) is 5.88. The summed E-state index contributed by atoms with van der Waals surface area (Å²) in [7, 11) is 0. The van der Waals surface area contributed by atoms with Crippen molar-refractivity contribution in [2.45, 2.75) is 51.7 Å².